The second kappa shape index (κ2) is 6.72. The third kappa shape index (κ3) is 3.17. The topological polar surface area (TPSA) is 74.2 Å². The standard InChI is InChI=1S/C19H22N4O2/c1-23-7-2-3-15(23)4-6-20-19(24)14-9-16-17(13-5-8-25-12-13)11-22-18(16)21-10-14/h5,8-12,15H,2-4,6-7H2,1H3,(H,20,24)(H,21,22). The van der Waals surface area contributed by atoms with Crippen LogP contribution in [0.25, 0.3) is 22.2 Å². The van der Waals surface area contributed by atoms with Gasteiger partial charge in [0.15, 0.2) is 0 Å². The summed E-state index contributed by atoms with van der Waals surface area (Å²) < 4.78 is 5.16. The van der Waals surface area contributed by atoms with Gasteiger partial charge in [0.2, 0.25) is 0 Å². The van der Waals surface area contributed by atoms with Crippen molar-refractivity contribution in [3.8, 4) is 11.1 Å². The molecule has 4 heterocycles. The molecule has 1 aliphatic rings. The van der Waals surface area contributed by atoms with Gasteiger partial charge in [0, 0.05) is 41.5 Å². The summed E-state index contributed by atoms with van der Waals surface area (Å²) in [7, 11) is 2.15. The molecule has 130 valence electrons. The van der Waals surface area contributed by atoms with Crippen LogP contribution in [0.3, 0.4) is 0 Å². The van der Waals surface area contributed by atoms with Crippen molar-refractivity contribution in [3.05, 3.63) is 42.6 Å². The summed E-state index contributed by atoms with van der Waals surface area (Å²) in [6, 6.07) is 4.37. The molecule has 6 nitrogen and oxygen atoms in total. The number of rotatable bonds is 5. The Bertz CT molecular complexity index is 869. The molecule has 0 aromatic carbocycles. The van der Waals surface area contributed by atoms with Gasteiger partial charge in [0.1, 0.15) is 5.65 Å². The number of fused-ring (bicyclic) bond motifs is 1. The summed E-state index contributed by atoms with van der Waals surface area (Å²) in [4.78, 5) is 22.4. The van der Waals surface area contributed by atoms with E-state index in [1.54, 1.807) is 18.7 Å². The van der Waals surface area contributed by atoms with Crippen molar-refractivity contribution in [2.45, 2.75) is 25.3 Å². The molecular formula is C19H22N4O2. The minimum atomic E-state index is -0.0746. The van der Waals surface area contributed by atoms with E-state index in [2.05, 4.69) is 27.2 Å². The van der Waals surface area contributed by atoms with Gasteiger partial charge >= 0.3 is 0 Å². The molecule has 0 bridgehead atoms. The van der Waals surface area contributed by atoms with E-state index in [4.69, 9.17) is 4.42 Å². The van der Waals surface area contributed by atoms with Gasteiger partial charge in [-0.2, -0.15) is 0 Å². The van der Waals surface area contributed by atoms with Crippen LogP contribution >= 0.6 is 0 Å². The summed E-state index contributed by atoms with van der Waals surface area (Å²) in [6.45, 7) is 1.84. The zero-order chi connectivity index (χ0) is 17.2. The molecule has 0 spiro atoms. The lowest BCUT2D eigenvalue weighted by atomic mass is 10.1. The number of carbonyl (C=O) groups is 1. The van der Waals surface area contributed by atoms with Crippen LogP contribution in [0, 0.1) is 0 Å². The number of likely N-dealkylation sites (tertiary alicyclic amines) is 1. The van der Waals surface area contributed by atoms with Gasteiger partial charge in [-0.05, 0) is 45.0 Å². The number of furan rings is 1. The van der Waals surface area contributed by atoms with Crippen LogP contribution in [-0.2, 0) is 0 Å². The van der Waals surface area contributed by atoms with E-state index in [-0.39, 0.29) is 5.91 Å². The van der Waals surface area contributed by atoms with Crippen molar-refractivity contribution in [2.75, 3.05) is 20.1 Å². The van der Waals surface area contributed by atoms with Gasteiger partial charge in [-0.1, -0.05) is 0 Å². The fraction of sp³-hybridized carbons (Fsp3) is 0.368. The maximum Gasteiger partial charge on any atom is 0.252 e. The number of nitrogens with zero attached hydrogens (tertiary/aromatic N) is 2. The molecule has 3 aromatic rings. The SMILES string of the molecule is CN1CCCC1CCNC(=O)c1cnc2[nH]cc(-c3ccoc3)c2c1. The first kappa shape index (κ1) is 15.9. The van der Waals surface area contributed by atoms with Crippen LogP contribution in [0.4, 0.5) is 0 Å². The number of pyridine rings is 1. The first-order valence-electron chi connectivity index (χ1n) is 8.70. The Balaban J connectivity index is 1.47. The molecule has 1 fully saturated rings. The molecule has 2 N–H and O–H groups in total. The lowest BCUT2D eigenvalue weighted by Gasteiger charge is -2.19. The van der Waals surface area contributed by atoms with Crippen LogP contribution < -0.4 is 5.32 Å². The molecule has 1 unspecified atom stereocenters. The third-order valence-corrected chi connectivity index (χ3v) is 5.06. The van der Waals surface area contributed by atoms with Gasteiger partial charge in [-0.3, -0.25) is 4.79 Å². The highest BCUT2D eigenvalue weighted by molar-refractivity contribution is 6.00. The molecule has 1 atom stereocenters. The van der Waals surface area contributed by atoms with Crippen molar-refractivity contribution >= 4 is 16.9 Å². The first-order chi connectivity index (χ1) is 12.2. The molecule has 1 amide bonds. The lowest BCUT2D eigenvalue weighted by Crippen LogP contribution is -2.31. The molecule has 1 saturated heterocycles. The molecule has 4 rings (SSSR count). The zero-order valence-corrected chi connectivity index (χ0v) is 14.3. The maximum atomic E-state index is 12.5. The van der Waals surface area contributed by atoms with Crippen molar-refractivity contribution < 1.29 is 9.21 Å². The highest BCUT2D eigenvalue weighted by Crippen LogP contribution is 2.28. The number of hydrogen-bond donors (Lipinski definition) is 2. The number of aromatic amines is 1. The Labute approximate surface area is 146 Å². The molecule has 0 radical (unpaired) electrons. The number of nitrogens with one attached hydrogen (secondary N) is 2. The Morgan fingerprint density at radius 2 is 2.44 bits per heavy atom. The fourth-order valence-electron chi connectivity index (χ4n) is 3.58. The zero-order valence-electron chi connectivity index (χ0n) is 14.3. The second-order valence-corrected chi connectivity index (χ2v) is 6.66. The van der Waals surface area contributed by atoms with Gasteiger partial charge < -0.3 is 19.6 Å². The van der Waals surface area contributed by atoms with Crippen LogP contribution in [0.5, 0.6) is 0 Å². The number of aromatic nitrogens is 2. The predicted molar refractivity (Wildman–Crippen MR) is 96.4 cm³/mol. The molecule has 1 aliphatic heterocycles. The molecule has 25 heavy (non-hydrogen) atoms. The van der Waals surface area contributed by atoms with E-state index in [0.717, 1.165) is 35.1 Å². The minimum absolute atomic E-state index is 0.0746. The maximum absolute atomic E-state index is 12.5. The van der Waals surface area contributed by atoms with Crippen LogP contribution in [0.1, 0.15) is 29.6 Å². The Hall–Kier alpha value is -2.60. The minimum Gasteiger partial charge on any atom is -0.472 e. The Morgan fingerprint density at radius 1 is 1.52 bits per heavy atom. The summed E-state index contributed by atoms with van der Waals surface area (Å²) in [5.41, 5.74) is 3.30. The van der Waals surface area contributed by atoms with E-state index < -0.39 is 0 Å². The van der Waals surface area contributed by atoms with Crippen LogP contribution in [0.2, 0.25) is 0 Å². The largest absolute Gasteiger partial charge is 0.472 e. The van der Waals surface area contributed by atoms with E-state index in [0.29, 0.717) is 18.2 Å². The average Bonchev–Trinajstić information content (AvgIpc) is 3.34. The highest BCUT2D eigenvalue weighted by atomic mass is 16.3. The number of amides is 1. The number of H-pyrrole nitrogens is 1. The smallest absolute Gasteiger partial charge is 0.252 e. The third-order valence-electron chi connectivity index (χ3n) is 5.06. The normalized spacial score (nSPS) is 18.0. The van der Waals surface area contributed by atoms with E-state index in [1.807, 2.05) is 18.3 Å². The molecule has 0 aliphatic carbocycles. The molecular weight excluding hydrogens is 316 g/mol. The monoisotopic (exact) mass is 338 g/mol. The molecule has 0 saturated carbocycles. The Kier molecular flexibility index (Phi) is 4.28. The lowest BCUT2D eigenvalue weighted by molar-refractivity contribution is 0.0950. The Morgan fingerprint density at radius 3 is 3.20 bits per heavy atom. The molecule has 6 heteroatoms. The van der Waals surface area contributed by atoms with Gasteiger partial charge in [-0.15, -0.1) is 0 Å². The quantitative estimate of drug-likeness (QED) is 0.750. The molecule has 3 aromatic heterocycles. The van der Waals surface area contributed by atoms with Gasteiger partial charge in [0.25, 0.3) is 5.91 Å². The summed E-state index contributed by atoms with van der Waals surface area (Å²) in [6.07, 6.45) is 10.3. The predicted octanol–water partition coefficient (Wildman–Crippen LogP) is 3.04. The summed E-state index contributed by atoms with van der Waals surface area (Å²) >= 11 is 0. The highest BCUT2D eigenvalue weighted by Gasteiger charge is 2.20. The van der Waals surface area contributed by atoms with Crippen molar-refractivity contribution in [3.63, 3.8) is 0 Å². The van der Waals surface area contributed by atoms with E-state index >= 15 is 0 Å². The average molecular weight is 338 g/mol. The summed E-state index contributed by atoms with van der Waals surface area (Å²) in [5, 5.41) is 3.94. The number of hydrogen-bond acceptors (Lipinski definition) is 4. The van der Waals surface area contributed by atoms with Crippen molar-refractivity contribution in [2.24, 2.45) is 0 Å². The van der Waals surface area contributed by atoms with E-state index in [1.165, 1.54) is 12.8 Å². The van der Waals surface area contributed by atoms with Crippen LogP contribution in [0.15, 0.2) is 41.5 Å². The number of carbonyl (C=O) groups excluding carboxylic acids is 1. The summed E-state index contributed by atoms with van der Waals surface area (Å²) in [5.74, 6) is -0.0746. The van der Waals surface area contributed by atoms with Gasteiger partial charge in [0.05, 0.1) is 18.1 Å². The van der Waals surface area contributed by atoms with Crippen molar-refractivity contribution in [1.29, 1.82) is 0 Å². The second-order valence-electron chi connectivity index (χ2n) is 6.66. The van der Waals surface area contributed by atoms with Crippen LogP contribution in [-0.4, -0.2) is 47.0 Å². The van der Waals surface area contributed by atoms with E-state index in [9.17, 15) is 4.79 Å². The van der Waals surface area contributed by atoms with Gasteiger partial charge in [-0.25, -0.2) is 4.98 Å². The fourth-order valence-corrected chi connectivity index (χ4v) is 3.58. The van der Waals surface area contributed by atoms with Crippen molar-refractivity contribution in [1.82, 2.24) is 20.2 Å². The first-order valence-corrected chi connectivity index (χ1v) is 8.70.